The highest BCUT2D eigenvalue weighted by atomic mass is 32.2. The van der Waals surface area contributed by atoms with Crippen molar-refractivity contribution in [2.45, 2.75) is 38.5 Å². The number of carbonyl (C=O) groups excluding carboxylic acids is 1. The minimum absolute atomic E-state index is 0.258. The van der Waals surface area contributed by atoms with Gasteiger partial charge < -0.3 is 4.90 Å². The molecule has 0 fully saturated rings. The largest absolute Gasteiger partial charge is 0.337 e. The lowest BCUT2D eigenvalue weighted by atomic mass is 10.00. The molecule has 0 unspecified atom stereocenters. The number of benzene rings is 2. The molecule has 3 heteroatoms. The van der Waals surface area contributed by atoms with E-state index in [4.69, 9.17) is 0 Å². The van der Waals surface area contributed by atoms with Crippen LogP contribution in [0.15, 0.2) is 48.5 Å². The molecule has 0 bridgehead atoms. The van der Waals surface area contributed by atoms with Crippen molar-refractivity contribution in [3.05, 3.63) is 70.8 Å². The second-order valence-electron chi connectivity index (χ2n) is 6.72. The molecule has 0 aliphatic carbocycles. The fourth-order valence-electron chi connectivity index (χ4n) is 3.05. The number of fused-ring (bicyclic) bond motifs is 1. The van der Waals surface area contributed by atoms with E-state index in [9.17, 15) is 4.79 Å². The Morgan fingerprint density at radius 3 is 2.50 bits per heavy atom. The van der Waals surface area contributed by atoms with E-state index < -0.39 is 0 Å². The Balaban J connectivity index is 1.48. The lowest BCUT2D eigenvalue weighted by Crippen LogP contribution is -2.37. The Kier molecular flexibility index (Phi) is 5.62. The van der Waals surface area contributed by atoms with E-state index in [1.807, 2.05) is 4.90 Å². The van der Waals surface area contributed by atoms with Crippen LogP contribution in [0.4, 0.5) is 0 Å². The van der Waals surface area contributed by atoms with Gasteiger partial charge in [-0.15, -0.1) is 11.8 Å². The predicted octanol–water partition coefficient (Wildman–Crippen LogP) is 4.63. The summed E-state index contributed by atoms with van der Waals surface area (Å²) in [7, 11) is 0. The minimum Gasteiger partial charge on any atom is -0.337 e. The van der Waals surface area contributed by atoms with Gasteiger partial charge in [-0.25, -0.2) is 0 Å². The first-order valence-corrected chi connectivity index (χ1v) is 9.80. The fourth-order valence-corrected chi connectivity index (χ4v) is 3.94. The molecule has 126 valence electrons. The Bertz CT molecular complexity index is 693. The van der Waals surface area contributed by atoms with E-state index in [0.29, 0.717) is 11.7 Å². The molecule has 3 rings (SSSR count). The molecule has 24 heavy (non-hydrogen) atoms. The molecular formula is C21H25NOS. The van der Waals surface area contributed by atoms with Crippen LogP contribution < -0.4 is 0 Å². The lowest BCUT2D eigenvalue weighted by molar-refractivity contribution is -0.129. The van der Waals surface area contributed by atoms with Crippen molar-refractivity contribution < 1.29 is 4.79 Å². The highest BCUT2D eigenvalue weighted by Crippen LogP contribution is 2.21. The summed E-state index contributed by atoms with van der Waals surface area (Å²) >= 11 is 1.71. The molecule has 2 nitrogen and oxygen atoms in total. The first kappa shape index (κ1) is 17.1. The average Bonchev–Trinajstić information content (AvgIpc) is 2.61. The van der Waals surface area contributed by atoms with Gasteiger partial charge in [0, 0.05) is 18.8 Å². The first-order valence-electron chi connectivity index (χ1n) is 8.64. The molecule has 1 aliphatic heterocycles. The van der Waals surface area contributed by atoms with Crippen molar-refractivity contribution in [1.29, 1.82) is 0 Å². The minimum atomic E-state index is 0.258. The molecule has 0 N–H and O–H groups in total. The summed E-state index contributed by atoms with van der Waals surface area (Å²) in [4.78, 5) is 14.4. The Hall–Kier alpha value is -1.74. The maximum atomic E-state index is 12.4. The van der Waals surface area contributed by atoms with E-state index in [2.05, 4.69) is 62.4 Å². The molecule has 1 aliphatic rings. The van der Waals surface area contributed by atoms with Crippen LogP contribution in [0.5, 0.6) is 0 Å². The number of carbonyl (C=O) groups is 1. The molecule has 1 amide bonds. The quantitative estimate of drug-likeness (QED) is 0.792. The molecule has 0 spiro atoms. The van der Waals surface area contributed by atoms with Gasteiger partial charge in [-0.05, 0) is 34.6 Å². The van der Waals surface area contributed by atoms with Crippen LogP contribution in [-0.2, 0) is 23.5 Å². The third-order valence-electron chi connectivity index (χ3n) is 4.62. The van der Waals surface area contributed by atoms with Crippen molar-refractivity contribution in [3.63, 3.8) is 0 Å². The maximum absolute atomic E-state index is 12.4. The van der Waals surface area contributed by atoms with E-state index >= 15 is 0 Å². The zero-order valence-electron chi connectivity index (χ0n) is 14.5. The van der Waals surface area contributed by atoms with Crippen molar-refractivity contribution in [1.82, 2.24) is 4.90 Å². The summed E-state index contributed by atoms with van der Waals surface area (Å²) in [6, 6.07) is 17.2. The molecule has 2 aromatic carbocycles. The van der Waals surface area contributed by atoms with Gasteiger partial charge in [0.1, 0.15) is 0 Å². The van der Waals surface area contributed by atoms with Gasteiger partial charge >= 0.3 is 0 Å². The van der Waals surface area contributed by atoms with Gasteiger partial charge in [-0.2, -0.15) is 0 Å². The Morgan fingerprint density at radius 2 is 1.79 bits per heavy atom. The summed E-state index contributed by atoms with van der Waals surface area (Å²) < 4.78 is 0. The van der Waals surface area contributed by atoms with Crippen LogP contribution in [0, 0.1) is 0 Å². The van der Waals surface area contributed by atoms with E-state index in [-0.39, 0.29) is 5.91 Å². The van der Waals surface area contributed by atoms with Gasteiger partial charge in [0.15, 0.2) is 0 Å². The number of amides is 1. The van der Waals surface area contributed by atoms with Gasteiger partial charge in [0.2, 0.25) is 5.91 Å². The Morgan fingerprint density at radius 1 is 1.08 bits per heavy atom. The van der Waals surface area contributed by atoms with Crippen LogP contribution >= 0.6 is 11.8 Å². The molecule has 0 saturated carbocycles. The molecule has 1 heterocycles. The zero-order valence-corrected chi connectivity index (χ0v) is 15.3. The summed E-state index contributed by atoms with van der Waals surface area (Å²) in [5, 5.41) is 0. The Labute approximate surface area is 149 Å². The fraction of sp³-hybridized carbons (Fsp3) is 0.381. The summed E-state index contributed by atoms with van der Waals surface area (Å²) in [6.45, 7) is 6.02. The van der Waals surface area contributed by atoms with E-state index in [1.54, 1.807) is 11.8 Å². The van der Waals surface area contributed by atoms with Crippen LogP contribution in [0.25, 0.3) is 0 Å². The van der Waals surface area contributed by atoms with E-state index in [1.165, 1.54) is 22.3 Å². The number of thioether (sulfide) groups is 1. The zero-order chi connectivity index (χ0) is 16.9. The standard InChI is InChI=1S/C21H25NOS/c1-16(2)18-9-7-17(8-10-18)14-24-15-21(23)22-12-11-19-5-3-4-6-20(19)13-22/h3-10,16H,11-15H2,1-2H3. The van der Waals surface area contributed by atoms with E-state index in [0.717, 1.165) is 25.3 Å². The van der Waals surface area contributed by atoms with Crippen LogP contribution in [0.1, 0.15) is 42.0 Å². The number of rotatable bonds is 5. The summed E-state index contributed by atoms with van der Waals surface area (Å²) in [5.41, 5.74) is 5.35. The maximum Gasteiger partial charge on any atom is 0.232 e. The first-order chi connectivity index (χ1) is 11.6. The highest BCUT2D eigenvalue weighted by molar-refractivity contribution is 7.99. The smallest absolute Gasteiger partial charge is 0.232 e. The van der Waals surface area contributed by atoms with Crippen molar-refractivity contribution in [2.24, 2.45) is 0 Å². The summed E-state index contributed by atoms with van der Waals surface area (Å²) in [6.07, 6.45) is 0.975. The van der Waals surface area contributed by atoms with Gasteiger partial charge in [0.25, 0.3) is 0 Å². The molecule has 0 aromatic heterocycles. The average molecular weight is 340 g/mol. The molecular weight excluding hydrogens is 314 g/mol. The molecule has 0 radical (unpaired) electrons. The number of hydrogen-bond donors (Lipinski definition) is 0. The summed E-state index contributed by atoms with van der Waals surface area (Å²) in [5.74, 6) is 2.28. The monoisotopic (exact) mass is 339 g/mol. The van der Waals surface area contributed by atoms with Crippen molar-refractivity contribution in [3.8, 4) is 0 Å². The van der Waals surface area contributed by atoms with Gasteiger partial charge in [0.05, 0.1) is 5.75 Å². The van der Waals surface area contributed by atoms with Gasteiger partial charge in [-0.3, -0.25) is 4.79 Å². The predicted molar refractivity (Wildman–Crippen MR) is 102 cm³/mol. The second-order valence-corrected chi connectivity index (χ2v) is 7.71. The third-order valence-corrected chi connectivity index (χ3v) is 5.61. The molecule has 0 atom stereocenters. The highest BCUT2D eigenvalue weighted by Gasteiger charge is 2.19. The van der Waals surface area contributed by atoms with Crippen LogP contribution in [0.3, 0.4) is 0 Å². The van der Waals surface area contributed by atoms with Gasteiger partial charge in [-0.1, -0.05) is 62.4 Å². The van der Waals surface area contributed by atoms with Crippen molar-refractivity contribution >= 4 is 17.7 Å². The SMILES string of the molecule is CC(C)c1ccc(CSCC(=O)N2CCc3ccccc3C2)cc1. The number of hydrogen-bond acceptors (Lipinski definition) is 2. The third kappa shape index (κ3) is 4.21. The topological polar surface area (TPSA) is 20.3 Å². The normalized spacial score (nSPS) is 13.9. The van der Waals surface area contributed by atoms with Crippen molar-refractivity contribution in [2.75, 3.05) is 12.3 Å². The second kappa shape index (κ2) is 7.89. The molecule has 2 aromatic rings. The lowest BCUT2D eigenvalue weighted by Gasteiger charge is -2.28. The van der Waals surface area contributed by atoms with Crippen LogP contribution in [0.2, 0.25) is 0 Å². The van der Waals surface area contributed by atoms with Crippen LogP contribution in [-0.4, -0.2) is 23.1 Å². The number of nitrogens with zero attached hydrogens (tertiary/aromatic N) is 1. The molecule has 0 saturated heterocycles.